The van der Waals surface area contributed by atoms with E-state index < -0.39 is 66.7 Å². The van der Waals surface area contributed by atoms with Gasteiger partial charge in [0.2, 0.25) is 38.0 Å². The first-order valence-electron chi connectivity index (χ1n) is 46.0. The van der Waals surface area contributed by atoms with Crippen LogP contribution in [-0.4, -0.2) is 249 Å². The summed E-state index contributed by atoms with van der Waals surface area (Å²) in [7, 11) is 0. The summed E-state index contributed by atoms with van der Waals surface area (Å²) in [5.74, 6) is -1.62. The Morgan fingerprint density at radius 3 is 0.908 bits per heavy atom. The number of hydrogen-bond donors (Lipinski definition) is 7. The second kappa shape index (κ2) is 33.8. The first-order valence-corrected chi connectivity index (χ1v) is 46.0. The number of piperidine rings is 4. The molecule has 0 bridgehead atoms. The Bertz CT molecular complexity index is 6150. The zero-order valence-corrected chi connectivity index (χ0v) is 74.5. The van der Waals surface area contributed by atoms with Gasteiger partial charge in [-0.2, -0.15) is 0 Å². The molecular weight excluding hydrogens is 1680 g/mol. The average molecular weight is 1790 g/mol. The molecule has 8 saturated heterocycles. The lowest BCUT2D eigenvalue weighted by Gasteiger charge is -2.49. The Kier molecular flexibility index (Phi) is 22.9. The molecule has 24 rings (SSSR count). The van der Waals surface area contributed by atoms with Crippen LogP contribution >= 0.6 is 0 Å². The minimum absolute atomic E-state index is 0.0730. The first-order chi connectivity index (χ1) is 62.0. The van der Waals surface area contributed by atoms with Gasteiger partial charge in [-0.15, -0.1) is 0 Å². The number of amides is 7. The third-order valence-electron chi connectivity index (χ3n) is 30.4. The highest BCUT2D eigenvalue weighted by Crippen LogP contribution is 2.52. The van der Waals surface area contributed by atoms with E-state index in [4.69, 9.17) is 0 Å². The van der Waals surface area contributed by atoms with E-state index in [1.54, 1.807) is 139 Å². The van der Waals surface area contributed by atoms with Gasteiger partial charge in [-0.25, -0.2) is 0 Å². The number of pyridine rings is 7. The van der Waals surface area contributed by atoms with Crippen LogP contribution in [0.25, 0.3) is 0 Å². The molecule has 2 aliphatic carbocycles. The van der Waals surface area contributed by atoms with Crippen LogP contribution in [0, 0.1) is 72.1 Å². The van der Waals surface area contributed by atoms with Crippen LogP contribution < -0.4 is 38.0 Å². The van der Waals surface area contributed by atoms with Crippen molar-refractivity contribution in [2.24, 2.45) is 23.7 Å². The summed E-state index contributed by atoms with van der Waals surface area (Å²) in [6.07, 6.45) is 30.4. The summed E-state index contributed by atoms with van der Waals surface area (Å²) in [6, 6.07) is 1.94. The highest BCUT2D eigenvalue weighted by molar-refractivity contribution is 6.00. The predicted molar refractivity (Wildman–Crippen MR) is 471 cm³/mol. The van der Waals surface area contributed by atoms with Gasteiger partial charge < -0.3 is 102 Å². The highest BCUT2D eigenvalue weighted by atomic mass is 16.3. The SMILES string of the molecule is Cc1cn2c(c(O)c1=O)C(=O)N1CCCC[C@@H]1C2.Cc1cn2c(c(O)c1=O)C(=O)N1CCCC[C@H]1C2.Cc1cn2c(c(O)c1=O)C(=O)N1CCC[C@@H]1C2.Cc1cn2c(c(O)c1=O)C(=O)N1CCC[C@H]1C2.Cc1cn2c(c(O)c1=O)C(=O)N1C[C@H]3CCCN3[C@@H]1C2.Cc1cn2c(c(O)c1=O)C(=O)N1C[C@H]3C[C@H]3[C@H]1C2.Cc1cn2c(c(O)c1=O)C(=O)N1[C@@H](C)CCC(C3CC3)[C@@H]1C2. The molecule has 22 heterocycles. The van der Waals surface area contributed by atoms with Gasteiger partial charge in [0.15, 0.2) is 80.1 Å². The van der Waals surface area contributed by atoms with Crippen molar-refractivity contribution in [3.8, 4) is 40.2 Å². The minimum atomic E-state index is -0.442. The number of nitrogens with zero attached hydrogens (tertiary/aromatic N) is 15. The third-order valence-corrected chi connectivity index (χ3v) is 30.4. The lowest BCUT2D eigenvalue weighted by molar-refractivity contribution is 0.0120. The van der Waals surface area contributed by atoms with Gasteiger partial charge in [-0.3, -0.25) is 72.0 Å². The topological polar surface area (TPSA) is 441 Å². The predicted octanol–water partition coefficient (Wildman–Crippen LogP) is 5.06. The number of hydrogen-bond acceptors (Lipinski definition) is 22. The molecule has 17 aliphatic rings. The van der Waals surface area contributed by atoms with E-state index in [2.05, 4.69) is 11.8 Å². The number of aromatic hydroxyl groups is 7. The van der Waals surface area contributed by atoms with Crippen LogP contribution in [0.4, 0.5) is 0 Å². The lowest BCUT2D eigenvalue weighted by atomic mass is 9.81. The van der Waals surface area contributed by atoms with E-state index in [1.807, 2.05) is 19.3 Å². The van der Waals surface area contributed by atoms with Crippen molar-refractivity contribution in [2.45, 2.75) is 265 Å². The van der Waals surface area contributed by atoms with Gasteiger partial charge in [0.25, 0.3) is 41.4 Å². The molecule has 690 valence electrons. The van der Waals surface area contributed by atoms with E-state index in [1.165, 1.54) is 32.1 Å². The molecule has 36 heteroatoms. The maximum absolute atomic E-state index is 12.9. The number of carbonyl (C=O) groups excluding carboxylic acids is 7. The molecule has 7 aromatic rings. The molecule has 15 aliphatic heterocycles. The number of aryl methyl sites for hydroxylation is 7. The first kappa shape index (κ1) is 88.2. The van der Waals surface area contributed by atoms with E-state index >= 15 is 0 Å². The van der Waals surface area contributed by atoms with Crippen molar-refractivity contribution in [3.05, 3.63) is 194 Å². The zero-order chi connectivity index (χ0) is 92.2. The van der Waals surface area contributed by atoms with Gasteiger partial charge in [-0.1, -0.05) is 0 Å². The number of aromatic nitrogens is 7. The molecular formula is C94H113N15O21. The van der Waals surface area contributed by atoms with Crippen molar-refractivity contribution in [3.63, 3.8) is 0 Å². The normalized spacial score (nSPS) is 26.2. The second-order valence-electron chi connectivity index (χ2n) is 38.7. The number of rotatable bonds is 1. The van der Waals surface area contributed by atoms with Crippen molar-refractivity contribution < 1.29 is 69.3 Å². The largest absolute Gasteiger partial charge is 0.503 e. The Balaban J connectivity index is 0.000000102. The van der Waals surface area contributed by atoms with Gasteiger partial charge in [-0.05, 0) is 188 Å². The van der Waals surface area contributed by atoms with Gasteiger partial charge in [0.05, 0.1) is 30.7 Å². The molecule has 0 aromatic carbocycles. The van der Waals surface area contributed by atoms with E-state index in [0.29, 0.717) is 115 Å². The van der Waals surface area contributed by atoms with E-state index in [9.17, 15) is 103 Å². The zero-order valence-electron chi connectivity index (χ0n) is 74.5. The second-order valence-corrected chi connectivity index (χ2v) is 38.7. The molecule has 1 unspecified atom stereocenters. The quantitative estimate of drug-likeness (QED) is 0.113. The van der Waals surface area contributed by atoms with Crippen LogP contribution in [-0.2, 0) is 45.8 Å². The summed E-state index contributed by atoms with van der Waals surface area (Å²) in [6.45, 7) is 23.9. The molecule has 36 nitrogen and oxygen atoms in total. The van der Waals surface area contributed by atoms with Crippen LogP contribution in [0.2, 0.25) is 0 Å². The third kappa shape index (κ3) is 15.0. The maximum atomic E-state index is 12.9. The monoisotopic (exact) mass is 1790 g/mol. The summed E-state index contributed by atoms with van der Waals surface area (Å²) < 4.78 is 12.2. The molecule has 7 amide bonds. The molecule has 12 atom stereocenters. The maximum Gasteiger partial charge on any atom is 0.275 e. The van der Waals surface area contributed by atoms with Crippen LogP contribution in [0.5, 0.6) is 40.2 Å². The van der Waals surface area contributed by atoms with Crippen LogP contribution in [0.15, 0.2) is 76.9 Å². The van der Waals surface area contributed by atoms with Gasteiger partial charge in [0.1, 0.15) is 6.17 Å². The van der Waals surface area contributed by atoms with Crippen molar-refractivity contribution in [1.29, 1.82) is 0 Å². The molecule has 130 heavy (non-hydrogen) atoms. The van der Waals surface area contributed by atoms with E-state index in [-0.39, 0.29) is 141 Å². The molecule has 7 aromatic heterocycles. The summed E-state index contributed by atoms with van der Waals surface area (Å²) in [4.78, 5) is 184. The summed E-state index contributed by atoms with van der Waals surface area (Å²) in [5, 5.41) is 69.6. The molecule has 7 N–H and O–H groups in total. The smallest absolute Gasteiger partial charge is 0.275 e. The van der Waals surface area contributed by atoms with Crippen molar-refractivity contribution in [1.82, 2.24) is 71.2 Å². The Labute approximate surface area is 746 Å². The van der Waals surface area contributed by atoms with Crippen LogP contribution in [0.1, 0.15) is 228 Å². The Hall–Kier alpha value is -12.5. The fourth-order valence-corrected chi connectivity index (χ4v) is 23.4. The Morgan fingerprint density at radius 2 is 0.546 bits per heavy atom. The van der Waals surface area contributed by atoms with Gasteiger partial charge in [0, 0.05) is 192 Å². The summed E-state index contributed by atoms with van der Waals surface area (Å²) in [5.41, 5.74) is 1.42. The van der Waals surface area contributed by atoms with Gasteiger partial charge >= 0.3 is 0 Å². The molecule has 10 fully saturated rings. The lowest BCUT2D eigenvalue weighted by Crippen LogP contribution is -2.58. The minimum Gasteiger partial charge on any atom is -0.503 e. The van der Waals surface area contributed by atoms with E-state index in [0.717, 1.165) is 122 Å². The average Bonchev–Trinajstić information content (AvgIpc) is 1.66. The molecule has 2 saturated carbocycles. The molecule has 0 radical (unpaired) electrons. The molecule has 0 spiro atoms. The number of carbonyl (C=O) groups is 7. The van der Waals surface area contributed by atoms with Crippen molar-refractivity contribution in [2.75, 3.05) is 45.8 Å². The highest BCUT2D eigenvalue weighted by Gasteiger charge is 2.57. The number of fused-ring (bicyclic) bond motifs is 18. The standard InChI is InChI=1S/C17H22N2O3.C14H17N3O3.C13H14N2O3.2C13H16N2O3.2C12H14N2O3/c1-9-7-18-8-13-12(11-4-5-11)6-3-10(2)19(13)17(22)14(18)16(21)15(9)20;1-8-5-15-7-10-16-4-2-3-9(16)6-17(10)14(20)11(15)13(19)12(8)18;1-6-3-14-5-9-8-2-7(8)4-15(9)13(18)10(14)12(17)11(6)16;2*1-8-6-14-7-9-4-2-3-5-15(9)13(18)10(14)12(17)11(8)16;2*1-7-5-13-6-8-3-2-4-14(8)12(17)9(13)11(16)10(7)15/h7,10-13,21H,3-6,8H2,1-2H3;5,9-10,19H,2-4,6-7H2,1H3;3,7-9,17H,2,4-5H2,1H3;2*6,9,17H,2-5,7H2,1H3;2*5,8,16H,2-4,6H2,1H3/t10-,12?,13-;9-,10+;7-,8-,9-;2*9-;2*8-/m0111010/s1. The van der Waals surface area contributed by atoms with Crippen molar-refractivity contribution >= 4 is 41.4 Å². The van der Waals surface area contributed by atoms with Crippen LogP contribution in [0.3, 0.4) is 0 Å². The fourth-order valence-electron chi connectivity index (χ4n) is 23.4. The summed E-state index contributed by atoms with van der Waals surface area (Å²) >= 11 is 0. The Morgan fingerprint density at radius 1 is 0.254 bits per heavy atom. The fraction of sp³-hybridized carbons (Fsp3) is 0.553.